The standard InChI is InChI=1S/C18H30FNO3/c1-2-3-4-5-6-7-10-23-15-8-9-16(17(19)12-15)18(22)11-14(20)13-21/h8-9,12,14,18,21-22H,2-7,10-11,13,20H2,1H3/t14-,18+/m0/s1. The van der Waals surface area contributed by atoms with Crippen molar-refractivity contribution in [3.8, 4) is 5.75 Å². The van der Waals surface area contributed by atoms with Crippen molar-refractivity contribution in [2.24, 2.45) is 5.73 Å². The Labute approximate surface area is 138 Å². The number of hydrogen-bond donors (Lipinski definition) is 3. The maximum atomic E-state index is 14.0. The molecule has 0 unspecified atom stereocenters. The number of aliphatic hydroxyl groups excluding tert-OH is 2. The predicted molar refractivity (Wildman–Crippen MR) is 89.9 cm³/mol. The molecule has 0 aromatic heterocycles. The average Bonchev–Trinajstić information content (AvgIpc) is 2.53. The molecule has 23 heavy (non-hydrogen) atoms. The first-order chi connectivity index (χ1) is 11.1. The van der Waals surface area contributed by atoms with Gasteiger partial charge in [0.15, 0.2) is 0 Å². The number of rotatable bonds is 12. The summed E-state index contributed by atoms with van der Waals surface area (Å²) in [5.74, 6) is -0.0402. The summed E-state index contributed by atoms with van der Waals surface area (Å²) in [5, 5.41) is 18.8. The smallest absolute Gasteiger partial charge is 0.132 e. The molecule has 132 valence electrons. The predicted octanol–water partition coefficient (Wildman–Crippen LogP) is 3.31. The van der Waals surface area contributed by atoms with Gasteiger partial charge in [0.1, 0.15) is 11.6 Å². The lowest BCUT2D eigenvalue weighted by Gasteiger charge is -2.16. The molecule has 0 aliphatic rings. The van der Waals surface area contributed by atoms with Gasteiger partial charge in [0.25, 0.3) is 0 Å². The van der Waals surface area contributed by atoms with Crippen LogP contribution in [0.25, 0.3) is 0 Å². The lowest BCUT2D eigenvalue weighted by molar-refractivity contribution is 0.136. The van der Waals surface area contributed by atoms with E-state index in [1.165, 1.54) is 37.8 Å². The van der Waals surface area contributed by atoms with Crippen LogP contribution in [0.15, 0.2) is 18.2 Å². The molecule has 0 bridgehead atoms. The Hall–Kier alpha value is -1.17. The number of nitrogens with two attached hydrogens (primary N) is 1. The van der Waals surface area contributed by atoms with Gasteiger partial charge in [-0.05, 0) is 25.0 Å². The van der Waals surface area contributed by atoms with Crippen LogP contribution in [-0.4, -0.2) is 29.5 Å². The third kappa shape index (κ3) is 7.77. The molecule has 0 fully saturated rings. The van der Waals surface area contributed by atoms with Crippen LogP contribution in [0.2, 0.25) is 0 Å². The van der Waals surface area contributed by atoms with Crippen molar-refractivity contribution in [1.82, 2.24) is 0 Å². The minimum atomic E-state index is -1.02. The van der Waals surface area contributed by atoms with Gasteiger partial charge in [0.2, 0.25) is 0 Å². The van der Waals surface area contributed by atoms with E-state index in [1.54, 1.807) is 6.07 Å². The summed E-state index contributed by atoms with van der Waals surface area (Å²) >= 11 is 0. The number of aliphatic hydroxyl groups is 2. The Bertz CT molecular complexity index is 442. The molecule has 5 heteroatoms. The Morgan fingerprint density at radius 3 is 2.52 bits per heavy atom. The van der Waals surface area contributed by atoms with Gasteiger partial charge in [0, 0.05) is 17.7 Å². The molecule has 1 aromatic rings. The normalized spacial score (nSPS) is 13.8. The van der Waals surface area contributed by atoms with Crippen LogP contribution in [0.4, 0.5) is 4.39 Å². The number of hydrogen-bond acceptors (Lipinski definition) is 4. The maximum Gasteiger partial charge on any atom is 0.132 e. The van der Waals surface area contributed by atoms with Gasteiger partial charge in [-0.15, -0.1) is 0 Å². The van der Waals surface area contributed by atoms with Crippen molar-refractivity contribution in [3.05, 3.63) is 29.6 Å². The molecular formula is C18H30FNO3. The van der Waals surface area contributed by atoms with E-state index in [1.807, 2.05) is 0 Å². The topological polar surface area (TPSA) is 75.7 Å². The number of unbranched alkanes of at least 4 members (excludes halogenated alkanes) is 5. The fourth-order valence-electron chi connectivity index (χ4n) is 2.43. The minimum Gasteiger partial charge on any atom is -0.493 e. The van der Waals surface area contributed by atoms with Gasteiger partial charge in [-0.3, -0.25) is 0 Å². The van der Waals surface area contributed by atoms with Gasteiger partial charge in [0.05, 0.1) is 19.3 Å². The Morgan fingerprint density at radius 1 is 1.17 bits per heavy atom. The minimum absolute atomic E-state index is 0.116. The van der Waals surface area contributed by atoms with E-state index < -0.39 is 18.0 Å². The lowest BCUT2D eigenvalue weighted by Crippen LogP contribution is -2.26. The zero-order valence-electron chi connectivity index (χ0n) is 14.0. The highest BCUT2D eigenvalue weighted by molar-refractivity contribution is 5.30. The van der Waals surface area contributed by atoms with Crippen LogP contribution < -0.4 is 10.5 Å². The molecule has 0 aliphatic heterocycles. The molecule has 1 aromatic carbocycles. The van der Waals surface area contributed by atoms with Crippen molar-refractivity contribution >= 4 is 0 Å². The molecule has 0 amide bonds. The van der Waals surface area contributed by atoms with Crippen LogP contribution in [0.3, 0.4) is 0 Å². The van der Waals surface area contributed by atoms with Crippen molar-refractivity contribution in [2.45, 2.75) is 64.0 Å². The third-order valence-electron chi connectivity index (χ3n) is 3.86. The zero-order valence-corrected chi connectivity index (χ0v) is 14.0. The van der Waals surface area contributed by atoms with Crippen LogP contribution in [-0.2, 0) is 0 Å². The third-order valence-corrected chi connectivity index (χ3v) is 3.86. The molecule has 0 saturated carbocycles. The van der Waals surface area contributed by atoms with Crippen LogP contribution in [0, 0.1) is 5.82 Å². The molecule has 1 rings (SSSR count). The molecular weight excluding hydrogens is 297 g/mol. The molecule has 2 atom stereocenters. The first kappa shape index (κ1) is 19.9. The summed E-state index contributed by atoms with van der Waals surface area (Å²) in [7, 11) is 0. The second-order valence-corrected chi connectivity index (χ2v) is 5.99. The van der Waals surface area contributed by atoms with E-state index in [-0.39, 0.29) is 18.6 Å². The molecule has 0 aliphatic carbocycles. The Kier molecular flexibility index (Phi) is 9.83. The molecule has 0 spiro atoms. The van der Waals surface area contributed by atoms with E-state index in [4.69, 9.17) is 15.6 Å². The molecule has 0 radical (unpaired) electrons. The average molecular weight is 327 g/mol. The molecule has 0 saturated heterocycles. The molecule has 0 heterocycles. The first-order valence-electron chi connectivity index (χ1n) is 8.55. The SMILES string of the molecule is CCCCCCCCOc1ccc([C@H](O)C[C@H](N)CO)c(F)c1. The van der Waals surface area contributed by atoms with Gasteiger partial charge in [-0.1, -0.05) is 39.0 Å². The lowest BCUT2D eigenvalue weighted by atomic mass is 10.0. The summed E-state index contributed by atoms with van der Waals surface area (Å²) in [6, 6.07) is 3.90. The van der Waals surface area contributed by atoms with Crippen LogP contribution in [0.1, 0.15) is 63.5 Å². The van der Waals surface area contributed by atoms with E-state index in [0.717, 1.165) is 12.8 Å². The highest BCUT2D eigenvalue weighted by atomic mass is 19.1. The second-order valence-electron chi connectivity index (χ2n) is 5.99. The van der Waals surface area contributed by atoms with Gasteiger partial charge in [-0.25, -0.2) is 4.39 Å². The zero-order chi connectivity index (χ0) is 17.1. The van der Waals surface area contributed by atoms with E-state index >= 15 is 0 Å². The highest BCUT2D eigenvalue weighted by Gasteiger charge is 2.16. The molecule has 4 nitrogen and oxygen atoms in total. The van der Waals surface area contributed by atoms with Crippen LogP contribution >= 0.6 is 0 Å². The van der Waals surface area contributed by atoms with E-state index in [9.17, 15) is 9.50 Å². The number of halogens is 1. The highest BCUT2D eigenvalue weighted by Crippen LogP contribution is 2.25. The summed E-state index contributed by atoms with van der Waals surface area (Å²) in [6.45, 7) is 2.52. The van der Waals surface area contributed by atoms with Gasteiger partial charge >= 0.3 is 0 Å². The van der Waals surface area contributed by atoms with E-state index in [2.05, 4.69) is 6.92 Å². The van der Waals surface area contributed by atoms with Crippen molar-refractivity contribution < 1.29 is 19.3 Å². The fourth-order valence-corrected chi connectivity index (χ4v) is 2.43. The second kappa shape index (κ2) is 11.4. The summed E-state index contributed by atoms with van der Waals surface area (Å²) in [5.41, 5.74) is 5.74. The van der Waals surface area contributed by atoms with Crippen molar-refractivity contribution in [3.63, 3.8) is 0 Å². The maximum absolute atomic E-state index is 14.0. The number of ether oxygens (including phenoxy) is 1. The Balaban J connectivity index is 2.37. The summed E-state index contributed by atoms with van der Waals surface area (Å²) in [4.78, 5) is 0. The quantitative estimate of drug-likeness (QED) is 0.515. The largest absolute Gasteiger partial charge is 0.493 e. The van der Waals surface area contributed by atoms with Crippen molar-refractivity contribution in [1.29, 1.82) is 0 Å². The fraction of sp³-hybridized carbons (Fsp3) is 0.667. The van der Waals surface area contributed by atoms with Gasteiger partial charge < -0.3 is 20.7 Å². The summed E-state index contributed by atoms with van der Waals surface area (Å²) < 4.78 is 19.6. The van der Waals surface area contributed by atoms with Crippen molar-refractivity contribution in [2.75, 3.05) is 13.2 Å². The van der Waals surface area contributed by atoms with Crippen LogP contribution in [0.5, 0.6) is 5.75 Å². The first-order valence-corrected chi connectivity index (χ1v) is 8.55. The monoisotopic (exact) mass is 327 g/mol. The van der Waals surface area contributed by atoms with E-state index in [0.29, 0.717) is 12.4 Å². The molecule has 4 N–H and O–H groups in total. The Morgan fingerprint density at radius 2 is 1.87 bits per heavy atom. The number of benzene rings is 1. The van der Waals surface area contributed by atoms with Gasteiger partial charge in [-0.2, -0.15) is 0 Å². The summed E-state index contributed by atoms with van der Waals surface area (Å²) in [6.07, 6.45) is 6.15.